The van der Waals surface area contributed by atoms with Crippen molar-refractivity contribution in [3.63, 3.8) is 0 Å². The van der Waals surface area contributed by atoms with Crippen molar-refractivity contribution in [2.45, 2.75) is 25.4 Å². The molecule has 0 aliphatic carbocycles. The molecule has 0 amide bonds. The first kappa shape index (κ1) is 23.2. The molecule has 1 fully saturated rings. The Kier molecular flexibility index (Phi) is 6.93. The van der Waals surface area contributed by atoms with E-state index in [0.717, 1.165) is 43.6 Å². The van der Waals surface area contributed by atoms with Crippen molar-refractivity contribution in [3.05, 3.63) is 48.0 Å². The number of pyridine rings is 1. The second-order valence-corrected chi connectivity index (χ2v) is 8.06. The number of rotatable bonds is 8. The number of methoxy groups -OCH3 is 2. The molecule has 1 saturated heterocycles. The van der Waals surface area contributed by atoms with E-state index in [0.29, 0.717) is 40.6 Å². The summed E-state index contributed by atoms with van der Waals surface area (Å²) in [4.78, 5) is 7.09. The van der Waals surface area contributed by atoms with E-state index in [1.54, 1.807) is 26.4 Å². The van der Waals surface area contributed by atoms with Gasteiger partial charge in [0.05, 0.1) is 37.6 Å². The Morgan fingerprint density at radius 3 is 2.21 bits per heavy atom. The number of ether oxygens (including phenoxy) is 3. The van der Waals surface area contributed by atoms with Crippen LogP contribution in [0.2, 0.25) is 0 Å². The molecule has 0 atom stereocenters. The summed E-state index contributed by atoms with van der Waals surface area (Å²) in [5, 5.41) is 0.754. The van der Waals surface area contributed by atoms with E-state index in [4.69, 9.17) is 14.2 Å². The van der Waals surface area contributed by atoms with Crippen molar-refractivity contribution in [1.29, 1.82) is 0 Å². The summed E-state index contributed by atoms with van der Waals surface area (Å²) in [6.07, 6.45) is -1.02. The predicted octanol–water partition coefficient (Wildman–Crippen LogP) is 5.80. The molecule has 1 aromatic heterocycles. The maximum Gasteiger partial charge on any atom is 0.416 e. The van der Waals surface area contributed by atoms with Gasteiger partial charge in [-0.05, 0) is 50.6 Å². The van der Waals surface area contributed by atoms with Gasteiger partial charge in [-0.2, -0.15) is 13.2 Å². The van der Waals surface area contributed by atoms with Crippen LogP contribution < -0.4 is 14.2 Å². The molecule has 0 saturated carbocycles. The molecule has 0 N–H and O–H groups in total. The van der Waals surface area contributed by atoms with Gasteiger partial charge in [-0.1, -0.05) is 12.1 Å². The average Bonchev–Trinajstić information content (AvgIpc) is 3.33. The van der Waals surface area contributed by atoms with Gasteiger partial charge in [-0.15, -0.1) is 0 Å². The monoisotopic (exact) mass is 460 g/mol. The number of nitrogens with zero attached hydrogens (tertiary/aromatic N) is 2. The van der Waals surface area contributed by atoms with Gasteiger partial charge in [0.25, 0.3) is 0 Å². The Labute approximate surface area is 191 Å². The van der Waals surface area contributed by atoms with Crippen LogP contribution in [0.4, 0.5) is 13.2 Å². The highest BCUT2D eigenvalue weighted by atomic mass is 19.4. The second-order valence-electron chi connectivity index (χ2n) is 8.06. The lowest BCUT2D eigenvalue weighted by Gasteiger charge is -2.17. The van der Waals surface area contributed by atoms with Gasteiger partial charge >= 0.3 is 6.18 Å². The third-order valence-corrected chi connectivity index (χ3v) is 5.86. The van der Waals surface area contributed by atoms with E-state index in [2.05, 4.69) is 9.88 Å². The smallest absolute Gasteiger partial charge is 0.416 e. The maximum atomic E-state index is 13.0. The van der Waals surface area contributed by atoms with Crippen LogP contribution in [0.25, 0.3) is 22.2 Å². The molecule has 8 heteroatoms. The van der Waals surface area contributed by atoms with Gasteiger partial charge in [0.2, 0.25) is 0 Å². The zero-order chi connectivity index (χ0) is 23.4. The molecule has 2 heterocycles. The third kappa shape index (κ3) is 5.33. The number of hydrogen-bond donors (Lipinski definition) is 0. The summed E-state index contributed by atoms with van der Waals surface area (Å²) >= 11 is 0. The Balaban J connectivity index is 1.66. The number of fused-ring (bicyclic) bond motifs is 1. The summed E-state index contributed by atoms with van der Waals surface area (Å²) in [6.45, 7) is 3.77. The summed E-state index contributed by atoms with van der Waals surface area (Å²) < 4.78 is 55.9. The van der Waals surface area contributed by atoms with Crippen LogP contribution in [0.5, 0.6) is 17.2 Å². The first-order chi connectivity index (χ1) is 15.9. The van der Waals surface area contributed by atoms with E-state index in [1.807, 2.05) is 6.07 Å². The molecule has 0 unspecified atom stereocenters. The highest BCUT2D eigenvalue weighted by Crippen LogP contribution is 2.38. The standard InChI is InChI=1S/C25H27F3N2O3/c1-31-23-14-19-21(16-24(23)32-2)29-20(17-6-8-18(9-7-17)25(26,27)28)15-22(19)33-13-5-12-30-10-3-4-11-30/h6-9,14-16H,3-5,10-13H2,1-2H3. The van der Waals surface area contributed by atoms with Crippen LogP contribution in [-0.2, 0) is 6.18 Å². The SMILES string of the molecule is COc1cc2nc(-c3ccc(C(F)(F)F)cc3)cc(OCCCN3CCCC3)c2cc1OC. The fourth-order valence-corrected chi connectivity index (χ4v) is 4.10. The molecule has 176 valence electrons. The summed E-state index contributed by atoms with van der Waals surface area (Å²) in [6, 6.07) is 10.3. The normalized spacial score (nSPS) is 14.6. The topological polar surface area (TPSA) is 43.8 Å². The van der Waals surface area contributed by atoms with E-state index in [1.165, 1.54) is 25.0 Å². The fourth-order valence-electron chi connectivity index (χ4n) is 4.10. The van der Waals surface area contributed by atoms with Crippen LogP contribution in [0, 0.1) is 0 Å². The molecule has 33 heavy (non-hydrogen) atoms. The highest BCUT2D eigenvalue weighted by molar-refractivity contribution is 5.90. The molecule has 3 aromatic rings. The molecule has 4 rings (SSSR count). The fraction of sp³-hybridized carbons (Fsp3) is 0.400. The van der Waals surface area contributed by atoms with Crippen molar-refractivity contribution in [3.8, 4) is 28.5 Å². The Bertz CT molecular complexity index is 1090. The Morgan fingerprint density at radius 1 is 0.909 bits per heavy atom. The number of hydrogen-bond acceptors (Lipinski definition) is 5. The van der Waals surface area contributed by atoms with Crippen molar-refractivity contribution in [1.82, 2.24) is 9.88 Å². The van der Waals surface area contributed by atoms with Gasteiger partial charge in [0, 0.05) is 29.6 Å². The molecule has 5 nitrogen and oxygen atoms in total. The molecular formula is C25H27F3N2O3. The van der Waals surface area contributed by atoms with Gasteiger partial charge in [-0.3, -0.25) is 0 Å². The first-order valence-electron chi connectivity index (χ1n) is 11.0. The number of aromatic nitrogens is 1. The van der Waals surface area contributed by atoms with Crippen molar-refractivity contribution in [2.75, 3.05) is 40.5 Å². The highest BCUT2D eigenvalue weighted by Gasteiger charge is 2.30. The van der Waals surface area contributed by atoms with Crippen LogP contribution in [0.3, 0.4) is 0 Å². The van der Waals surface area contributed by atoms with Crippen molar-refractivity contribution < 1.29 is 27.4 Å². The third-order valence-electron chi connectivity index (χ3n) is 5.86. The lowest BCUT2D eigenvalue weighted by Crippen LogP contribution is -2.21. The minimum Gasteiger partial charge on any atom is -0.493 e. The minimum absolute atomic E-state index is 0.516. The summed E-state index contributed by atoms with van der Waals surface area (Å²) in [5.41, 5.74) is 1.01. The summed E-state index contributed by atoms with van der Waals surface area (Å²) in [5.74, 6) is 1.68. The van der Waals surface area contributed by atoms with Crippen LogP contribution >= 0.6 is 0 Å². The average molecular weight is 460 g/mol. The lowest BCUT2D eigenvalue weighted by molar-refractivity contribution is -0.137. The van der Waals surface area contributed by atoms with E-state index in [9.17, 15) is 13.2 Å². The van der Waals surface area contributed by atoms with Gasteiger partial charge in [0.1, 0.15) is 5.75 Å². The molecular weight excluding hydrogens is 433 g/mol. The molecule has 2 aromatic carbocycles. The minimum atomic E-state index is -4.39. The number of benzene rings is 2. The van der Waals surface area contributed by atoms with E-state index < -0.39 is 11.7 Å². The zero-order valence-corrected chi connectivity index (χ0v) is 18.7. The number of halogens is 3. The largest absolute Gasteiger partial charge is 0.493 e. The van der Waals surface area contributed by atoms with Gasteiger partial charge in [-0.25, -0.2) is 4.98 Å². The van der Waals surface area contributed by atoms with Crippen molar-refractivity contribution >= 4 is 10.9 Å². The Morgan fingerprint density at radius 2 is 1.58 bits per heavy atom. The number of likely N-dealkylation sites (tertiary alicyclic amines) is 1. The van der Waals surface area contributed by atoms with E-state index >= 15 is 0 Å². The van der Waals surface area contributed by atoms with Crippen LogP contribution in [0.1, 0.15) is 24.8 Å². The van der Waals surface area contributed by atoms with E-state index in [-0.39, 0.29) is 0 Å². The van der Waals surface area contributed by atoms with Crippen molar-refractivity contribution in [2.24, 2.45) is 0 Å². The van der Waals surface area contributed by atoms with Gasteiger partial charge < -0.3 is 19.1 Å². The maximum absolute atomic E-state index is 13.0. The van der Waals surface area contributed by atoms with Crippen LogP contribution in [0.15, 0.2) is 42.5 Å². The van der Waals surface area contributed by atoms with Gasteiger partial charge in [0.15, 0.2) is 11.5 Å². The summed E-state index contributed by atoms with van der Waals surface area (Å²) in [7, 11) is 3.10. The molecule has 0 radical (unpaired) electrons. The lowest BCUT2D eigenvalue weighted by atomic mass is 10.1. The predicted molar refractivity (Wildman–Crippen MR) is 121 cm³/mol. The zero-order valence-electron chi connectivity index (χ0n) is 18.7. The molecule has 0 spiro atoms. The molecule has 1 aliphatic rings. The Hall–Kier alpha value is -3.00. The molecule has 0 bridgehead atoms. The number of alkyl halides is 3. The second kappa shape index (κ2) is 9.87. The first-order valence-corrected chi connectivity index (χ1v) is 11.0. The molecule has 1 aliphatic heterocycles. The van der Waals surface area contributed by atoms with Crippen LogP contribution in [-0.4, -0.2) is 50.3 Å². The quantitative estimate of drug-likeness (QED) is 0.398.